The van der Waals surface area contributed by atoms with E-state index >= 15 is 0 Å². The Morgan fingerprint density at radius 1 is 1.33 bits per heavy atom. The predicted octanol–water partition coefficient (Wildman–Crippen LogP) is 4.47. The summed E-state index contributed by atoms with van der Waals surface area (Å²) in [6.07, 6.45) is 4.39. The Labute approximate surface area is 118 Å². The zero-order valence-corrected chi connectivity index (χ0v) is 12.1. The Kier molecular flexibility index (Phi) is 3.46. The number of ether oxygens (including phenoxy) is 1. The second-order valence-corrected chi connectivity index (χ2v) is 6.57. The Bertz CT molecular complexity index is 458. The van der Waals surface area contributed by atoms with Crippen molar-refractivity contribution in [2.75, 3.05) is 6.61 Å². The third-order valence-corrected chi connectivity index (χ3v) is 5.27. The molecule has 0 aromatic heterocycles. The topological polar surface area (TPSA) is 9.23 Å². The molecule has 0 saturated heterocycles. The van der Waals surface area contributed by atoms with Crippen molar-refractivity contribution in [2.45, 2.75) is 38.0 Å². The van der Waals surface area contributed by atoms with Crippen LogP contribution in [0.15, 0.2) is 12.1 Å². The molecule has 0 N–H and O–H groups in total. The van der Waals surface area contributed by atoms with Crippen LogP contribution in [0.1, 0.15) is 30.9 Å². The summed E-state index contributed by atoms with van der Waals surface area (Å²) in [5.41, 5.74) is 2.54. The maximum absolute atomic E-state index is 6.31. The first-order chi connectivity index (χ1) is 8.65. The molecule has 1 fully saturated rings. The highest BCUT2D eigenvalue weighted by Gasteiger charge is 2.32. The molecular weight excluding hydrogens is 267 g/mol. The van der Waals surface area contributed by atoms with Gasteiger partial charge in [-0.05, 0) is 54.4 Å². The fourth-order valence-electron chi connectivity index (χ4n) is 3.26. The summed E-state index contributed by atoms with van der Waals surface area (Å²) in [5.74, 6) is 2.34. The third-order valence-electron chi connectivity index (χ3n) is 4.43. The summed E-state index contributed by atoms with van der Waals surface area (Å²) < 4.78 is 5.77. The van der Waals surface area contributed by atoms with E-state index in [-0.39, 0.29) is 0 Å². The molecule has 0 radical (unpaired) electrons. The highest BCUT2D eigenvalue weighted by Crippen LogP contribution is 2.41. The minimum absolute atomic E-state index is 0.336. The van der Waals surface area contributed by atoms with E-state index in [4.69, 9.17) is 27.9 Å². The molecule has 3 unspecified atom stereocenters. The Morgan fingerprint density at radius 2 is 2.17 bits per heavy atom. The van der Waals surface area contributed by atoms with E-state index in [0.29, 0.717) is 17.2 Å². The summed E-state index contributed by atoms with van der Waals surface area (Å²) >= 11 is 12.5. The van der Waals surface area contributed by atoms with E-state index in [2.05, 4.69) is 13.0 Å². The molecule has 18 heavy (non-hydrogen) atoms. The number of halogens is 2. The van der Waals surface area contributed by atoms with Gasteiger partial charge in [0, 0.05) is 16.8 Å². The second-order valence-electron chi connectivity index (χ2n) is 5.57. The number of rotatable bonds is 2. The molecule has 0 bridgehead atoms. The fourth-order valence-corrected chi connectivity index (χ4v) is 3.86. The van der Waals surface area contributed by atoms with Crippen LogP contribution in [-0.2, 0) is 12.8 Å². The standard InChI is InChI=1S/C15H18Cl2O/c1-9-10(2-3-14(9)17)6-12-8-13(16)7-11-4-5-18-15(11)12/h7-10,14H,2-6H2,1H3. The summed E-state index contributed by atoms with van der Waals surface area (Å²) in [7, 11) is 0. The van der Waals surface area contributed by atoms with E-state index in [1.54, 1.807) is 0 Å². The first-order valence-electron chi connectivity index (χ1n) is 6.73. The van der Waals surface area contributed by atoms with Gasteiger partial charge in [0.15, 0.2) is 0 Å². The Morgan fingerprint density at radius 3 is 2.89 bits per heavy atom. The maximum Gasteiger partial charge on any atom is 0.125 e. The minimum Gasteiger partial charge on any atom is -0.493 e. The average Bonchev–Trinajstić information content (AvgIpc) is 2.90. The minimum atomic E-state index is 0.336. The van der Waals surface area contributed by atoms with Crippen molar-refractivity contribution in [3.05, 3.63) is 28.3 Å². The Balaban J connectivity index is 1.85. The lowest BCUT2D eigenvalue weighted by atomic mass is 9.90. The van der Waals surface area contributed by atoms with E-state index < -0.39 is 0 Å². The summed E-state index contributed by atoms with van der Waals surface area (Å²) in [5, 5.41) is 1.17. The first kappa shape index (κ1) is 12.6. The van der Waals surface area contributed by atoms with Crippen LogP contribution in [0.4, 0.5) is 0 Å². The van der Waals surface area contributed by atoms with Crippen molar-refractivity contribution in [1.29, 1.82) is 0 Å². The van der Waals surface area contributed by atoms with Crippen LogP contribution in [0.2, 0.25) is 5.02 Å². The molecule has 0 spiro atoms. The van der Waals surface area contributed by atoms with Gasteiger partial charge in [-0.15, -0.1) is 11.6 Å². The molecule has 1 aliphatic heterocycles. The van der Waals surface area contributed by atoms with Crippen molar-refractivity contribution >= 4 is 23.2 Å². The van der Waals surface area contributed by atoms with Gasteiger partial charge < -0.3 is 4.74 Å². The molecule has 3 atom stereocenters. The predicted molar refractivity (Wildman–Crippen MR) is 75.9 cm³/mol. The Hall–Kier alpha value is -0.400. The van der Waals surface area contributed by atoms with Crippen molar-refractivity contribution in [3.8, 4) is 5.75 Å². The molecule has 2 aliphatic rings. The molecular formula is C15H18Cl2O. The van der Waals surface area contributed by atoms with Crippen molar-refractivity contribution in [1.82, 2.24) is 0 Å². The van der Waals surface area contributed by atoms with E-state index in [1.165, 1.54) is 17.5 Å². The van der Waals surface area contributed by atoms with Gasteiger partial charge in [0.05, 0.1) is 6.61 Å². The van der Waals surface area contributed by atoms with Crippen LogP contribution in [0.25, 0.3) is 0 Å². The normalized spacial score (nSPS) is 30.3. The summed E-state index contributed by atoms with van der Waals surface area (Å²) in [6.45, 7) is 3.06. The lowest BCUT2D eigenvalue weighted by Gasteiger charge is -2.18. The number of fused-ring (bicyclic) bond motifs is 1. The van der Waals surface area contributed by atoms with Crippen molar-refractivity contribution < 1.29 is 4.74 Å². The highest BCUT2D eigenvalue weighted by atomic mass is 35.5. The van der Waals surface area contributed by atoms with E-state index in [0.717, 1.165) is 36.6 Å². The van der Waals surface area contributed by atoms with Crippen LogP contribution < -0.4 is 4.74 Å². The zero-order chi connectivity index (χ0) is 12.7. The second kappa shape index (κ2) is 4.94. The lowest BCUT2D eigenvalue weighted by Crippen LogP contribution is -2.13. The van der Waals surface area contributed by atoms with E-state index in [1.807, 2.05) is 6.07 Å². The molecule has 1 nitrogen and oxygen atoms in total. The number of hydrogen-bond donors (Lipinski definition) is 0. The fraction of sp³-hybridized carbons (Fsp3) is 0.600. The maximum atomic E-state index is 6.31. The van der Waals surface area contributed by atoms with Gasteiger partial charge in [0.25, 0.3) is 0 Å². The smallest absolute Gasteiger partial charge is 0.125 e. The van der Waals surface area contributed by atoms with Crippen LogP contribution in [0, 0.1) is 11.8 Å². The van der Waals surface area contributed by atoms with Crippen molar-refractivity contribution in [3.63, 3.8) is 0 Å². The SMILES string of the molecule is CC1C(Cl)CCC1Cc1cc(Cl)cc2c1OCC2. The quantitative estimate of drug-likeness (QED) is 0.728. The van der Waals surface area contributed by atoms with Gasteiger partial charge >= 0.3 is 0 Å². The largest absolute Gasteiger partial charge is 0.493 e. The van der Waals surface area contributed by atoms with Crippen LogP contribution in [0.5, 0.6) is 5.75 Å². The molecule has 1 heterocycles. The first-order valence-corrected chi connectivity index (χ1v) is 7.54. The van der Waals surface area contributed by atoms with Crippen molar-refractivity contribution in [2.24, 2.45) is 11.8 Å². The summed E-state index contributed by atoms with van der Waals surface area (Å²) in [4.78, 5) is 0. The van der Waals surface area contributed by atoms with Gasteiger partial charge in [-0.25, -0.2) is 0 Å². The molecule has 0 amide bonds. The average molecular weight is 285 g/mol. The zero-order valence-electron chi connectivity index (χ0n) is 10.6. The molecule has 1 saturated carbocycles. The number of alkyl halides is 1. The summed E-state index contributed by atoms with van der Waals surface area (Å²) in [6, 6.07) is 4.11. The number of benzene rings is 1. The van der Waals surface area contributed by atoms with E-state index in [9.17, 15) is 0 Å². The lowest BCUT2D eigenvalue weighted by molar-refractivity contribution is 0.346. The monoisotopic (exact) mass is 284 g/mol. The molecule has 3 rings (SSSR count). The molecule has 1 aromatic rings. The molecule has 98 valence electrons. The van der Waals surface area contributed by atoms with Crippen LogP contribution >= 0.6 is 23.2 Å². The van der Waals surface area contributed by atoms with Gasteiger partial charge in [-0.1, -0.05) is 18.5 Å². The van der Waals surface area contributed by atoms with Gasteiger partial charge in [0.1, 0.15) is 5.75 Å². The van der Waals surface area contributed by atoms with Crippen LogP contribution in [-0.4, -0.2) is 12.0 Å². The third kappa shape index (κ3) is 2.23. The van der Waals surface area contributed by atoms with Crippen LogP contribution in [0.3, 0.4) is 0 Å². The molecule has 1 aromatic carbocycles. The van der Waals surface area contributed by atoms with Gasteiger partial charge in [0.2, 0.25) is 0 Å². The number of hydrogen-bond acceptors (Lipinski definition) is 1. The highest BCUT2D eigenvalue weighted by molar-refractivity contribution is 6.30. The van der Waals surface area contributed by atoms with Gasteiger partial charge in [-0.3, -0.25) is 0 Å². The molecule has 3 heteroatoms. The van der Waals surface area contributed by atoms with Gasteiger partial charge in [-0.2, -0.15) is 0 Å². The molecule has 1 aliphatic carbocycles.